The molecule has 2 heterocycles. The van der Waals surface area contributed by atoms with Gasteiger partial charge in [-0.3, -0.25) is 4.98 Å². The maximum Gasteiger partial charge on any atom is 0.124 e. The molecule has 0 saturated heterocycles. The summed E-state index contributed by atoms with van der Waals surface area (Å²) >= 11 is 5.94. The molecule has 0 aliphatic carbocycles. The van der Waals surface area contributed by atoms with Gasteiger partial charge in [0.15, 0.2) is 0 Å². The minimum atomic E-state index is -0.207. The van der Waals surface area contributed by atoms with E-state index in [1.165, 1.54) is 0 Å². The van der Waals surface area contributed by atoms with Gasteiger partial charge in [-0.15, -0.1) is 0 Å². The lowest BCUT2D eigenvalue weighted by molar-refractivity contribution is 0.668. The van der Waals surface area contributed by atoms with Crippen molar-refractivity contribution in [3.63, 3.8) is 0 Å². The molecular formula is C14H13ClN4. The average molecular weight is 273 g/mol. The Hall–Kier alpha value is -1.91. The predicted molar refractivity (Wildman–Crippen MR) is 76.0 cm³/mol. The van der Waals surface area contributed by atoms with Gasteiger partial charge >= 0.3 is 0 Å². The zero-order valence-corrected chi connectivity index (χ0v) is 10.9. The van der Waals surface area contributed by atoms with E-state index in [9.17, 15) is 0 Å². The summed E-state index contributed by atoms with van der Waals surface area (Å²) in [4.78, 5) is 12.0. The van der Waals surface area contributed by atoms with E-state index in [-0.39, 0.29) is 6.04 Å². The Morgan fingerprint density at radius 3 is 2.95 bits per heavy atom. The highest BCUT2D eigenvalue weighted by Gasteiger charge is 2.12. The average Bonchev–Trinajstić information content (AvgIpc) is 2.83. The van der Waals surface area contributed by atoms with Gasteiger partial charge in [-0.25, -0.2) is 4.98 Å². The first kappa shape index (κ1) is 12.1. The number of nitrogens with one attached hydrogen (secondary N) is 1. The van der Waals surface area contributed by atoms with Gasteiger partial charge in [0.2, 0.25) is 0 Å². The van der Waals surface area contributed by atoms with E-state index in [2.05, 4.69) is 15.0 Å². The van der Waals surface area contributed by atoms with Crippen molar-refractivity contribution in [2.24, 2.45) is 5.73 Å². The van der Waals surface area contributed by atoms with Crippen LogP contribution in [0.2, 0.25) is 5.02 Å². The lowest BCUT2D eigenvalue weighted by Gasteiger charge is -2.07. The summed E-state index contributed by atoms with van der Waals surface area (Å²) in [6.07, 6.45) is 2.41. The second-order valence-corrected chi connectivity index (χ2v) is 4.85. The highest BCUT2D eigenvalue weighted by Crippen LogP contribution is 2.20. The summed E-state index contributed by atoms with van der Waals surface area (Å²) < 4.78 is 0. The van der Waals surface area contributed by atoms with Gasteiger partial charge in [-0.05, 0) is 30.3 Å². The molecule has 0 spiro atoms. The summed E-state index contributed by atoms with van der Waals surface area (Å²) in [6.45, 7) is 0. The number of benzene rings is 1. The van der Waals surface area contributed by atoms with Crippen molar-refractivity contribution in [3.8, 4) is 0 Å². The Morgan fingerprint density at radius 2 is 2.16 bits per heavy atom. The van der Waals surface area contributed by atoms with Crippen molar-refractivity contribution in [2.75, 3.05) is 0 Å². The van der Waals surface area contributed by atoms with Crippen LogP contribution in [-0.2, 0) is 6.42 Å². The standard InChI is InChI=1S/C14H13ClN4/c15-9-4-5-12-13(7-9)19-14(18-12)11(16)8-10-3-1-2-6-17-10/h1-7,11H,8,16H2,(H,18,19)/t11-/m0/s1. The molecule has 0 unspecified atom stereocenters. The van der Waals surface area contributed by atoms with E-state index < -0.39 is 0 Å². The molecule has 1 aromatic carbocycles. The number of rotatable bonds is 3. The molecule has 0 aliphatic heterocycles. The summed E-state index contributed by atoms with van der Waals surface area (Å²) in [5.41, 5.74) is 8.89. The molecule has 0 bridgehead atoms. The summed E-state index contributed by atoms with van der Waals surface area (Å²) in [6, 6.07) is 11.1. The van der Waals surface area contributed by atoms with Gasteiger partial charge in [0.25, 0.3) is 0 Å². The van der Waals surface area contributed by atoms with Gasteiger partial charge in [0.1, 0.15) is 5.82 Å². The first-order valence-corrected chi connectivity index (χ1v) is 6.41. The molecule has 96 valence electrons. The number of H-pyrrole nitrogens is 1. The van der Waals surface area contributed by atoms with Crippen molar-refractivity contribution in [3.05, 3.63) is 59.1 Å². The Labute approximate surface area is 115 Å². The smallest absolute Gasteiger partial charge is 0.124 e. The fourth-order valence-corrected chi connectivity index (χ4v) is 2.18. The summed E-state index contributed by atoms with van der Waals surface area (Å²) in [7, 11) is 0. The fraction of sp³-hybridized carbons (Fsp3) is 0.143. The van der Waals surface area contributed by atoms with Crippen LogP contribution in [0.1, 0.15) is 17.6 Å². The van der Waals surface area contributed by atoms with Gasteiger partial charge < -0.3 is 10.7 Å². The highest BCUT2D eigenvalue weighted by atomic mass is 35.5. The van der Waals surface area contributed by atoms with E-state index in [0.717, 1.165) is 22.6 Å². The molecule has 0 fully saturated rings. The van der Waals surface area contributed by atoms with Crippen molar-refractivity contribution >= 4 is 22.6 Å². The lowest BCUT2D eigenvalue weighted by atomic mass is 10.1. The Morgan fingerprint density at radius 1 is 1.26 bits per heavy atom. The Kier molecular flexibility index (Phi) is 3.19. The highest BCUT2D eigenvalue weighted by molar-refractivity contribution is 6.31. The summed E-state index contributed by atoms with van der Waals surface area (Å²) in [5.74, 6) is 0.753. The zero-order valence-electron chi connectivity index (χ0n) is 10.2. The van der Waals surface area contributed by atoms with Gasteiger partial charge in [0, 0.05) is 23.3 Å². The number of aromatic nitrogens is 3. The Balaban J connectivity index is 1.87. The Bertz CT molecular complexity index is 693. The van der Waals surface area contributed by atoms with E-state index in [0.29, 0.717) is 11.4 Å². The quantitative estimate of drug-likeness (QED) is 0.770. The second-order valence-electron chi connectivity index (χ2n) is 4.42. The number of halogens is 1. The molecule has 3 rings (SSSR count). The van der Waals surface area contributed by atoms with E-state index in [1.807, 2.05) is 36.4 Å². The SMILES string of the molecule is N[C@@H](Cc1ccccn1)c1nc2cc(Cl)ccc2[nH]1. The number of aromatic amines is 1. The van der Waals surface area contributed by atoms with Crippen LogP contribution in [0.15, 0.2) is 42.6 Å². The number of fused-ring (bicyclic) bond motifs is 1. The molecule has 0 saturated carbocycles. The normalized spacial score (nSPS) is 12.7. The number of pyridine rings is 1. The molecule has 0 aliphatic rings. The molecule has 0 radical (unpaired) electrons. The monoisotopic (exact) mass is 272 g/mol. The first-order valence-electron chi connectivity index (χ1n) is 6.03. The number of imidazole rings is 1. The number of nitrogens with zero attached hydrogens (tertiary/aromatic N) is 2. The van der Waals surface area contributed by atoms with Crippen LogP contribution in [0.25, 0.3) is 11.0 Å². The number of hydrogen-bond donors (Lipinski definition) is 2. The largest absolute Gasteiger partial charge is 0.341 e. The minimum Gasteiger partial charge on any atom is -0.341 e. The molecule has 4 nitrogen and oxygen atoms in total. The van der Waals surface area contributed by atoms with Crippen LogP contribution in [-0.4, -0.2) is 15.0 Å². The van der Waals surface area contributed by atoms with Crippen molar-refractivity contribution in [2.45, 2.75) is 12.5 Å². The van der Waals surface area contributed by atoms with Crippen LogP contribution in [0.5, 0.6) is 0 Å². The molecule has 2 aromatic heterocycles. The molecule has 0 amide bonds. The zero-order chi connectivity index (χ0) is 13.2. The summed E-state index contributed by atoms with van der Waals surface area (Å²) in [5, 5.41) is 0.670. The maximum absolute atomic E-state index is 6.16. The topological polar surface area (TPSA) is 67.6 Å². The van der Waals surface area contributed by atoms with E-state index >= 15 is 0 Å². The van der Waals surface area contributed by atoms with Crippen LogP contribution in [0.3, 0.4) is 0 Å². The van der Waals surface area contributed by atoms with Gasteiger partial charge in [-0.1, -0.05) is 17.7 Å². The lowest BCUT2D eigenvalue weighted by Crippen LogP contribution is -2.15. The van der Waals surface area contributed by atoms with Crippen LogP contribution in [0.4, 0.5) is 0 Å². The van der Waals surface area contributed by atoms with Crippen LogP contribution >= 0.6 is 11.6 Å². The third-order valence-corrected chi connectivity index (χ3v) is 3.20. The third kappa shape index (κ3) is 2.59. The van der Waals surface area contributed by atoms with Gasteiger partial charge in [-0.2, -0.15) is 0 Å². The van der Waals surface area contributed by atoms with Crippen LogP contribution in [0, 0.1) is 0 Å². The third-order valence-electron chi connectivity index (χ3n) is 2.97. The predicted octanol–water partition coefficient (Wildman–Crippen LogP) is 2.85. The maximum atomic E-state index is 6.16. The number of nitrogens with two attached hydrogens (primary N) is 1. The molecule has 19 heavy (non-hydrogen) atoms. The van der Waals surface area contributed by atoms with Crippen LogP contribution < -0.4 is 5.73 Å². The van der Waals surface area contributed by atoms with E-state index in [1.54, 1.807) is 6.20 Å². The molecule has 5 heteroatoms. The van der Waals surface area contributed by atoms with Crippen molar-refractivity contribution in [1.82, 2.24) is 15.0 Å². The first-order chi connectivity index (χ1) is 9.22. The minimum absolute atomic E-state index is 0.207. The van der Waals surface area contributed by atoms with Crippen molar-refractivity contribution in [1.29, 1.82) is 0 Å². The number of hydrogen-bond acceptors (Lipinski definition) is 3. The molecular weight excluding hydrogens is 260 g/mol. The van der Waals surface area contributed by atoms with Crippen molar-refractivity contribution < 1.29 is 0 Å². The second kappa shape index (κ2) is 4.99. The molecule has 3 N–H and O–H groups in total. The van der Waals surface area contributed by atoms with Gasteiger partial charge in [0.05, 0.1) is 17.1 Å². The molecule has 1 atom stereocenters. The van der Waals surface area contributed by atoms with E-state index in [4.69, 9.17) is 17.3 Å². The fourth-order valence-electron chi connectivity index (χ4n) is 2.02. The molecule has 3 aromatic rings.